The van der Waals surface area contributed by atoms with Crippen LogP contribution in [0, 0.1) is 11.8 Å². The minimum absolute atomic E-state index is 0.255. The molecule has 1 rings (SSSR count). The summed E-state index contributed by atoms with van der Waals surface area (Å²) in [6, 6.07) is 0. The van der Waals surface area contributed by atoms with E-state index in [0.717, 1.165) is 26.1 Å². The number of aliphatic hydroxyl groups excluding tert-OH is 1. The molecule has 0 aromatic rings. The molecule has 1 heterocycles. The third-order valence-corrected chi connectivity index (χ3v) is 2.40. The lowest BCUT2D eigenvalue weighted by molar-refractivity contribution is 0.136. The first-order chi connectivity index (χ1) is 5.38. The smallest absolute Gasteiger partial charge is 0.0498 e. The van der Waals surface area contributed by atoms with Crippen LogP contribution in [0.4, 0.5) is 0 Å². The maximum Gasteiger partial charge on any atom is 0.0498 e. The predicted octanol–water partition coefficient (Wildman–Crippen LogP) is -0.0198. The van der Waals surface area contributed by atoms with E-state index in [1.165, 1.54) is 0 Å². The van der Waals surface area contributed by atoms with Crippen molar-refractivity contribution in [1.82, 2.24) is 0 Å². The van der Waals surface area contributed by atoms with Gasteiger partial charge in [-0.15, -0.1) is 0 Å². The molecule has 3 heteroatoms. The average Bonchev–Trinajstić information content (AvgIpc) is 2.52. The zero-order valence-electron chi connectivity index (χ0n) is 6.83. The van der Waals surface area contributed by atoms with Crippen molar-refractivity contribution in [3.63, 3.8) is 0 Å². The highest BCUT2D eigenvalue weighted by Crippen LogP contribution is 2.23. The molecule has 1 fully saturated rings. The van der Waals surface area contributed by atoms with Crippen LogP contribution in [0.1, 0.15) is 12.8 Å². The minimum Gasteiger partial charge on any atom is -0.396 e. The lowest BCUT2D eigenvalue weighted by Gasteiger charge is -2.18. The Morgan fingerprint density at radius 1 is 1.64 bits per heavy atom. The van der Waals surface area contributed by atoms with E-state index in [1.54, 1.807) is 0 Å². The van der Waals surface area contributed by atoms with Crippen molar-refractivity contribution < 1.29 is 9.84 Å². The predicted molar refractivity (Wildman–Crippen MR) is 43.2 cm³/mol. The van der Waals surface area contributed by atoms with E-state index in [9.17, 15) is 0 Å². The summed E-state index contributed by atoms with van der Waals surface area (Å²) in [5.74, 6) is 0.908. The molecule has 0 amide bonds. The Bertz CT molecular complexity index is 102. The first kappa shape index (κ1) is 8.97. The summed E-state index contributed by atoms with van der Waals surface area (Å²) in [7, 11) is 0. The van der Waals surface area contributed by atoms with Crippen LogP contribution in [-0.2, 0) is 4.74 Å². The maximum atomic E-state index is 9.01. The molecule has 0 aromatic heterocycles. The number of aliphatic hydroxyl groups is 1. The van der Waals surface area contributed by atoms with Gasteiger partial charge in [0.2, 0.25) is 0 Å². The van der Waals surface area contributed by atoms with E-state index in [-0.39, 0.29) is 6.61 Å². The van der Waals surface area contributed by atoms with Crippen LogP contribution in [0.25, 0.3) is 0 Å². The Balaban J connectivity index is 2.27. The van der Waals surface area contributed by atoms with Gasteiger partial charge in [-0.1, -0.05) is 0 Å². The first-order valence-corrected chi connectivity index (χ1v) is 4.27. The van der Waals surface area contributed by atoms with E-state index < -0.39 is 0 Å². The van der Waals surface area contributed by atoms with Gasteiger partial charge in [0.1, 0.15) is 0 Å². The molecule has 3 nitrogen and oxygen atoms in total. The molecular formula is C8H17NO2. The third-order valence-electron chi connectivity index (χ3n) is 2.40. The summed E-state index contributed by atoms with van der Waals surface area (Å²) in [6.45, 7) is 2.59. The molecule has 1 aliphatic rings. The number of rotatable bonds is 4. The highest BCUT2D eigenvalue weighted by Gasteiger charge is 2.24. The van der Waals surface area contributed by atoms with Crippen LogP contribution >= 0.6 is 0 Å². The highest BCUT2D eigenvalue weighted by molar-refractivity contribution is 4.73. The van der Waals surface area contributed by atoms with Gasteiger partial charge in [-0.3, -0.25) is 0 Å². The van der Waals surface area contributed by atoms with Gasteiger partial charge in [0.25, 0.3) is 0 Å². The molecule has 1 aliphatic heterocycles. The van der Waals surface area contributed by atoms with E-state index in [4.69, 9.17) is 15.6 Å². The lowest BCUT2D eigenvalue weighted by atomic mass is 9.90. The number of ether oxygens (including phenoxy) is 1. The van der Waals surface area contributed by atoms with Crippen molar-refractivity contribution in [1.29, 1.82) is 0 Å². The van der Waals surface area contributed by atoms with Gasteiger partial charge in [-0.25, -0.2) is 0 Å². The van der Waals surface area contributed by atoms with Crippen molar-refractivity contribution in [2.24, 2.45) is 17.6 Å². The molecule has 2 atom stereocenters. The summed E-state index contributed by atoms with van der Waals surface area (Å²) in [5, 5.41) is 9.01. The van der Waals surface area contributed by atoms with Crippen molar-refractivity contribution in [3.05, 3.63) is 0 Å². The molecule has 0 bridgehead atoms. The third kappa shape index (κ3) is 2.43. The Hall–Kier alpha value is -0.120. The van der Waals surface area contributed by atoms with Gasteiger partial charge >= 0.3 is 0 Å². The molecule has 0 spiro atoms. The van der Waals surface area contributed by atoms with Gasteiger partial charge in [0.15, 0.2) is 0 Å². The monoisotopic (exact) mass is 159 g/mol. The zero-order chi connectivity index (χ0) is 8.10. The standard InChI is InChI=1S/C8H17NO2/c9-3-1-7(5-10)8-2-4-11-6-8/h7-8,10H,1-6,9H2. The Morgan fingerprint density at radius 3 is 2.91 bits per heavy atom. The van der Waals surface area contributed by atoms with Crippen molar-refractivity contribution in [2.45, 2.75) is 12.8 Å². The molecule has 66 valence electrons. The Morgan fingerprint density at radius 2 is 2.45 bits per heavy atom. The van der Waals surface area contributed by atoms with Crippen molar-refractivity contribution in [2.75, 3.05) is 26.4 Å². The molecule has 2 unspecified atom stereocenters. The van der Waals surface area contributed by atoms with E-state index in [2.05, 4.69) is 0 Å². The zero-order valence-corrected chi connectivity index (χ0v) is 6.83. The van der Waals surface area contributed by atoms with Gasteiger partial charge in [-0.2, -0.15) is 0 Å². The van der Waals surface area contributed by atoms with Gasteiger partial charge in [0, 0.05) is 19.8 Å². The van der Waals surface area contributed by atoms with Gasteiger partial charge in [-0.05, 0) is 31.2 Å². The summed E-state index contributed by atoms with van der Waals surface area (Å²) >= 11 is 0. The van der Waals surface area contributed by atoms with Crippen LogP contribution in [0.3, 0.4) is 0 Å². The topological polar surface area (TPSA) is 55.5 Å². The molecule has 1 saturated heterocycles. The SMILES string of the molecule is NCCC(CO)C1CCOC1. The molecule has 0 saturated carbocycles. The number of nitrogens with two attached hydrogens (primary N) is 1. The van der Waals surface area contributed by atoms with Crippen LogP contribution in [0.15, 0.2) is 0 Å². The maximum absolute atomic E-state index is 9.01. The van der Waals surface area contributed by atoms with Crippen molar-refractivity contribution in [3.8, 4) is 0 Å². The average molecular weight is 159 g/mol. The fraction of sp³-hybridized carbons (Fsp3) is 1.00. The highest BCUT2D eigenvalue weighted by atomic mass is 16.5. The number of hydrogen-bond acceptors (Lipinski definition) is 3. The molecule has 0 radical (unpaired) electrons. The molecule has 11 heavy (non-hydrogen) atoms. The van der Waals surface area contributed by atoms with Gasteiger partial charge in [0.05, 0.1) is 0 Å². The van der Waals surface area contributed by atoms with Crippen LogP contribution in [0.5, 0.6) is 0 Å². The van der Waals surface area contributed by atoms with E-state index in [1.807, 2.05) is 0 Å². The Labute approximate surface area is 67.5 Å². The quantitative estimate of drug-likeness (QED) is 0.606. The molecular weight excluding hydrogens is 142 g/mol. The minimum atomic E-state index is 0.255. The van der Waals surface area contributed by atoms with E-state index >= 15 is 0 Å². The van der Waals surface area contributed by atoms with Gasteiger partial charge < -0.3 is 15.6 Å². The second-order valence-corrected chi connectivity index (χ2v) is 3.14. The summed E-state index contributed by atoms with van der Waals surface area (Å²) in [4.78, 5) is 0. The largest absolute Gasteiger partial charge is 0.396 e. The molecule has 0 aliphatic carbocycles. The van der Waals surface area contributed by atoms with Crippen LogP contribution in [-0.4, -0.2) is 31.5 Å². The molecule has 0 aromatic carbocycles. The van der Waals surface area contributed by atoms with Crippen LogP contribution in [0.2, 0.25) is 0 Å². The summed E-state index contributed by atoms with van der Waals surface area (Å²) in [6.07, 6.45) is 2.01. The summed E-state index contributed by atoms with van der Waals surface area (Å²) in [5.41, 5.74) is 5.42. The lowest BCUT2D eigenvalue weighted by Crippen LogP contribution is -2.21. The fourth-order valence-corrected chi connectivity index (χ4v) is 1.61. The fourth-order valence-electron chi connectivity index (χ4n) is 1.61. The first-order valence-electron chi connectivity index (χ1n) is 4.27. The van der Waals surface area contributed by atoms with Crippen LogP contribution < -0.4 is 5.73 Å². The van der Waals surface area contributed by atoms with E-state index in [0.29, 0.717) is 18.4 Å². The van der Waals surface area contributed by atoms with Crippen molar-refractivity contribution >= 4 is 0 Å². The normalized spacial score (nSPS) is 27.3. The number of hydrogen-bond donors (Lipinski definition) is 2. The Kier molecular flexibility index (Phi) is 3.83. The second kappa shape index (κ2) is 4.70. The second-order valence-electron chi connectivity index (χ2n) is 3.14. The summed E-state index contributed by atoms with van der Waals surface area (Å²) < 4.78 is 5.23. The molecule has 3 N–H and O–H groups in total.